The first-order valence-corrected chi connectivity index (χ1v) is 8.39. The van der Waals surface area contributed by atoms with Gasteiger partial charge in [0.25, 0.3) is 0 Å². The lowest BCUT2D eigenvalue weighted by Crippen LogP contribution is -2.44. The van der Waals surface area contributed by atoms with Gasteiger partial charge in [0.15, 0.2) is 0 Å². The number of hydrogen-bond acceptors (Lipinski definition) is 4. The van der Waals surface area contributed by atoms with Crippen LogP contribution >= 0.6 is 0 Å². The van der Waals surface area contributed by atoms with Crippen LogP contribution in [0.5, 0.6) is 5.75 Å². The van der Waals surface area contributed by atoms with E-state index in [4.69, 9.17) is 4.74 Å². The van der Waals surface area contributed by atoms with Crippen LogP contribution in [0.4, 0.5) is 5.69 Å². The molecule has 2 aromatic rings. The van der Waals surface area contributed by atoms with E-state index < -0.39 is 0 Å². The van der Waals surface area contributed by atoms with Crippen LogP contribution in [0, 0.1) is 0 Å². The van der Waals surface area contributed by atoms with Crippen molar-refractivity contribution in [2.45, 2.75) is 31.8 Å². The van der Waals surface area contributed by atoms with Crippen LogP contribution in [0.15, 0.2) is 43.0 Å². The van der Waals surface area contributed by atoms with Crippen LogP contribution in [0.2, 0.25) is 0 Å². The zero-order valence-corrected chi connectivity index (χ0v) is 14.0. The zero-order valence-electron chi connectivity index (χ0n) is 14.0. The van der Waals surface area contributed by atoms with Crippen molar-refractivity contribution in [1.29, 1.82) is 0 Å². The van der Waals surface area contributed by atoms with Gasteiger partial charge in [0.2, 0.25) is 5.91 Å². The molecule has 2 heterocycles. The molecule has 1 fully saturated rings. The normalized spacial score (nSPS) is 15.3. The Balaban J connectivity index is 1.42. The van der Waals surface area contributed by atoms with E-state index in [1.54, 1.807) is 19.6 Å². The quantitative estimate of drug-likeness (QED) is 0.882. The second kappa shape index (κ2) is 7.86. The lowest BCUT2D eigenvalue weighted by molar-refractivity contribution is -0.122. The molecule has 0 radical (unpaired) electrons. The zero-order chi connectivity index (χ0) is 16.8. The summed E-state index contributed by atoms with van der Waals surface area (Å²) in [6.07, 6.45) is 7.79. The second-order valence-corrected chi connectivity index (χ2v) is 6.08. The van der Waals surface area contributed by atoms with Crippen LogP contribution in [0.3, 0.4) is 0 Å². The van der Waals surface area contributed by atoms with E-state index >= 15 is 0 Å². The number of piperidine rings is 1. The highest BCUT2D eigenvalue weighted by molar-refractivity contribution is 5.76. The molecule has 6 nitrogen and oxygen atoms in total. The molecule has 1 amide bonds. The molecule has 1 aromatic heterocycles. The number of aryl methyl sites for hydroxylation is 1. The average molecular weight is 328 g/mol. The van der Waals surface area contributed by atoms with Crippen molar-refractivity contribution in [3.63, 3.8) is 0 Å². The summed E-state index contributed by atoms with van der Waals surface area (Å²) in [6.45, 7) is 2.59. The molecule has 1 aromatic carbocycles. The number of imidazole rings is 1. The Morgan fingerprint density at radius 3 is 2.67 bits per heavy atom. The van der Waals surface area contributed by atoms with Gasteiger partial charge in [-0.1, -0.05) is 0 Å². The van der Waals surface area contributed by atoms with Crippen molar-refractivity contribution in [3.8, 4) is 5.75 Å². The Bertz CT molecular complexity index is 632. The summed E-state index contributed by atoms with van der Waals surface area (Å²) in [4.78, 5) is 18.4. The topological polar surface area (TPSA) is 59.4 Å². The molecule has 1 aliphatic rings. The number of nitrogens with zero attached hydrogens (tertiary/aromatic N) is 3. The molecule has 1 aliphatic heterocycles. The highest BCUT2D eigenvalue weighted by atomic mass is 16.5. The van der Waals surface area contributed by atoms with Gasteiger partial charge >= 0.3 is 0 Å². The van der Waals surface area contributed by atoms with Gasteiger partial charge in [-0.2, -0.15) is 0 Å². The molecule has 0 atom stereocenters. The van der Waals surface area contributed by atoms with Crippen LogP contribution in [0.25, 0.3) is 0 Å². The minimum Gasteiger partial charge on any atom is -0.497 e. The fraction of sp³-hybridized carbons (Fsp3) is 0.444. The van der Waals surface area contributed by atoms with Crippen LogP contribution < -0.4 is 15.0 Å². The number of aromatic nitrogens is 2. The maximum Gasteiger partial charge on any atom is 0.222 e. The number of carbonyl (C=O) groups excluding carboxylic acids is 1. The van der Waals surface area contributed by atoms with Gasteiger partial charge in [-0.25, -0.2) is 4.98 Å². The summed E-state index contributed by atoms with van der Waals surface area (Å²) in [5, 5.41) is 3.15. The van der Waals surface area contributed by atoms with Crippen molar-refractivity contribution in [2.24, 2.45) is 0 Å². The number of anilines is 1. The van der Waals surface area contributed by atoms with Crippen LogP contribution in [0.1, 0.15) is 19.3 Å². The number of nitrogens with one attached hydrogen (secondary N) is 1. The third-order valence-corrected chi connectivity index (χ3v) is 4.45. The molecule has 0 saturated carbocycles. The Labute approximate surface area is 142 Å². The summed E-state index contributed by atoms with van der Waals surface area (Å²) in [5.74, 6) is 0.991. The Morgan fingerprint density at radius 2 is 2.04 bits per heavy atom. The first-order chi connectivity index (χ1) is 11.7. The first-order valence-electron chi connectivity index (χ1n) is 8.39. The van der Waals surface area contributed by atoms with E-state index in [-0.39, 0.29) is 11.9 Å². The predicted octanol–water partition coefficient (Wildman–Crippen LogP) is 2.07. The molecule has 0 unspecified atom stereocenters. The van der Waals surface area contributed by atoms with Crippen LogP contribution in [-0.4, -0.2) is 41.7 Å². The predicted molar refractivity (Wildman–Crippen MR) is 93.2 cm³/mol. The smallest absolute Gasteiger partial charge is 0.222 e. The second-order valence-electron chi connectivity index (χ2n) is 6.08. The Hall–Kier alpha value is -2.50. The summed E-state index contributed by atoms with van der Waals surface area (Å²) >= 11 is 0. The van der Waals surface area contributed by atoms with E-state index in [0.717, 1.165) is 31.7 Å². The van der Waals surface area contributed by atoms with E-state index in [1.165, 1.54) is 5.69 Å². The summed E-state index contributed by atoms with van der Waals surface area (Å²) in [7, 11) is 1.68. The Kier molecular flexibility index (Phi) is 5.36. The van der Waals surface area contributed by atoms with E-state index in [1.807, 2.05) is 22.9 Å². The fourth-order valence-electron chi connectivity index (χ4n) is 3.02. The van der Waals surface area contributed by atoms with Crippen molar-refractivity contribution in [3.05, 3.63) is 43.0 Å². The lowest BCUT2D eigenvalue weighted by atomic mass is 10.0. The first kappa shape index (κ1) is 16.4. The molecule has 6 heteroatoms. The summed E-state index contributed by atoms with van der Waals surface area (Å²) in [6, 6.07) is 8.42. The lowest BCUT2D eigenvalue weighted by Gasteiger charge is -2.34. The number of rotatable bonds is 6. The number of benzene rings is 1. The molecule has 0 aliphatic carbocycles. The number of amides is 1. The summed E-state index contributed by atoms with van der Waals surface area (Å²) < 4.78 is 7.12. The molecule has 0 spiro atoms. The molecule has 24 heavy (non-hydrogen) atoms. The van der Waals surface area contributed by atoms with E-state index in [0.29, 0.717) is 13.0 Å². The average Bonchev–Trinajstić information content (AvgIpc) is 3.14. The van der Waals surface area contributed by atoms with Crippen LogP contribution in [-0.2, 0) is 11.3 Å². The molecule has 0 bridgehead atoms. The fourth-order valence-corrected chi connectivity index (χ4v) is 3.02. The molecular weight excluding hydrogens is 304 g/mol. The third kappa shape index (κ3) is 4.28. The largest absolute Gasteiger partial charge is 0.497 e. The van der Waals surface area contributed by atoms with Gasteiger partial charge in [-0.3, -0.25) is 4.79 Å². The molecular formula is C18H24N4O2. The number of methoxy groups -OCH3 is 1. The standard InChI is InChI=1S/C18H24N4O2/c1-24-17-4-2-16(3-5-17)22-11-6-15(7-12-22)20-18(23)8-10-21-13-9-19-14-21/h2-5,9,13-15H,6-8,10-12H2,1H3,(H,20,23). The monoisotopic (exact) mass is 328 g/mol. The van der Waals surface area contributed by atoms with Crippen molar-refractivity contribution in [2.75, 3.05) is 25.1 Å². The van der Waals surface area contributed by atoms with Gasteiger partial charge in [-0.15, -0.1) is 0 Å². The van der Waals surface area contributed by atoms with Crippen molar-refractivity contribution < 1.29 is 9.53 Å². The molecule has 1 N–H and O–H groups in total. The highest BCUT2D eigenvalue weighted by Crippen LogP contribution is 2.22. The number of hydrogen-bond donors (Lipinski definition) is 1. The van der Waals surface area contributed by atoms with Gasteiger partial charge in [-0.05, 0) is 37.1 Å². The molecule has 3 rings (SSSR count). The number of carbonyl (C=O) groups is 1. The van der Waals surface area contributed by atoms with Gasteiger partial charge in [0, 0.05) is 50.2 Å². The minimum atomic E-state index is 0.117. The van der Waals surface area contributed by atoms with Crippen molar-refractivity contribution in [1.82, 2.24) is 14.9 Å². The number of ether oxygens (including phenoxy) is 1. The van der Waals surface area contributed by atoms with Crippen molar-refractivity contribution >= 4 is 11.6 Å². The SMILES string of the molecule is COc1ccc(N2CCC(NC(=O)CCn3ccnc3)CC2)cc1. The van der Waals surface area contributed by atoms with E-state index in [9.17, 15) is 4.79 Å². The van der Waals surface area contributed by atoms with Gasteiger partial charge < -0.3 is 19.5 Å². The summed E-state index contributed by atoms with van der Waals surface area (Å²) in [5.41, 5.74) is 1.21. The molecule has 128 valence electrons. The maximum absolute atomic E-state index is 12.1. The molecule has 1 saturated heterocycles. The Morgan fingerprint density at radius 1 is 1.29 bits per heavy atom. The highest BCUT2D eigenvalue weighted by Gasteiger charge is 2.20. The van der Waals surface area contributed by atoms with Gasteiger partial charge in [0.1, 0.15) is 5.75 Å². The maximum atomic E-state index is 12.1. The third-order valence-electron chi connectivity index (χ3n) is 4.45. The van der Waals surface area contributed by atoms with E-state index in [2.05, 4.69) is 27.3 Å². The minimum absolute atomic E-state index is 0.117. The van der Waals surface area contributed by atoms with Gasteiger partial charge in [0.05, 0.1) is 13.4 Å².